The molecule has 0 aliphatic heterocycles. The van der Waals surface area contributed by atoms with Crippen molar-refractivity contribution in [3.63, 3.8) is 0 Å². The predicted octanol–water partition coefficient (Wildman–Crippen LogP) is 4.87. The Morgan fingerprint density at radius 3 is 2.03 bits per heavy atom. The van der Waals surface area contributed by atoms with Crippen LogP contribution in [0.15, 0.2) is 60.7 Å². The molecule has 6 nitrogen and oxygen atoms in total. The zero-order valence-electron chi connectivity index (χ0n) is 22.6. The van der Waals surface area contributed by atoms with E-state index in [9.17, 15) is 14.4 Å². The number of nitrogens with one attached hydrogen (secondary N) is 2. The molecule has 1 fully saturated rings. The number of carbonyl (C=O) groups is 3. The predicted molar refractivity (Wildman–Crippen MR) is 148 cm³/mol. The lowest BCUT2D eigenvalue weighted by atomic mass is 9.84. The molecule has 1 saturated carbocycles. The fraction of sp³-hybridized carbons (Fsp3) is 0.516. The summed E-state index contributed by atoms with van der Waals surface area (Å²) in [5, 5.41) is 6.00. The zero-order chi connectivity index (χ0) is 26.6. The molecule has 37 heavy (non-hydrogen) atoms. The maximum Gasteiger partial charge on any atom is 0.245 e. The van der Waals surface area contributed by atoms with Gasteiger partial charge in [0, 0.05) is 13.6 Å². The average molecular weight is 506 g/mol. The second kappa shape index (κ2) is 14.6. The van der Waals surface area contributed by atoms with Gasteiger partial charge in [-0.15, -0.1) is 0 Å². The lowest BCUT2D eigenvalue weighted by molar-refractivity contribution is -0.137. The minimum atomic E-state index is -0.683. The Bertz CT molecular complexity index is 987. The molecule has 0 saturated heterocycles. The van der Waals surface area contributed by atoms with Crippen LogP contribution in [-0.2, 0) is 27.3 Å². The van der Waals surface area contributed by atoms with E-state index in [0.717, 1.165) is 24.0 Å². The average Bonchev–Trinajstić information content (AvgIpc) is 2.89. The van der Waals surface area contributed by atoms with Gasteiger partial charge in [0.05, 0.1) is 6.42 Å². The fourth-order valence-corrected chi connectivity index (χ4v) is 5.18. The molecule has 2 N–H and O–H groups in total. The number of likely N-dealkylation sites (N-methyl/N-ethyl adjacent to an activating group) is 1. The summed E-state index contributed by atoms with van der Waals surface area (Å²) in [6, 6.07) is 18.1. The first-order valence-electron chi connectivity index (χ1n) is 13.7. The maximum absolute atomic E-state index is 13.6. The number of benzene rings is 2. The first kappa shape index (κ1) is 28.4. The molecule has 2 atom stereocenters. The number of hydrogen-bond donors (Lipinski definition) is 2. The maximum atomic E-state index is 13.6. The van der Waals surface area contributed by atoms with Gasteiger partial charge in [-0.1, -0.05) is 107 Å². The standard InChI is InChI=1S/C31H43N3O3/c1-23(2)19-27(32-29(35)21-25-15-9-5-10-16-25)30(36)33-28(20-24-13-7-4-8-14-24)31(37)34(3)22-26-17-11-6-12-18-26/h5-6,9-12,15-18,23-24,27-28H,4,7-8,13-14,19-22H2,1-3H3,(H,32,35)(H,33,36)/t27-,28-/m0/s1. The van der Waals surface area contributed by atoms with Crippen LogP contribution in [0.1, 0.15) is 69.9 Å². The molecule has 6 heteroatoms. The van der Waals surface area contributed by atoms with Gasteiger partial charge in [0.25, 0.3) is 0 Å². The van der Waals surface area contributed by atoms with Crippen molar-refractivity contribution < 1.29 is 14.4 Å². The van der Waals surface area contributed by atoms with Crippen molar-refractivity contribution >= 4 is 17.7 Å². The van der Waals surface area contributed by atoms with Gasteiger partial charge in [0.1, 0.15) is 12.1 Å². The van der Waals surface area contributed by atoms with Gasteiger partial charge >= 0.3 is 0 Å². The molecule has 2 aromatic carbocycles. The van der Waals surface area contributed by atoms with Crippen molar-refractivity contribution in [2.45, 2.75) is 83.8 Å². The van der Waals surface area contributed by atoms with Gasteiger partial charge in [-0.05, 0) is 35.8 Å². The highest BCUT2D eigenvalue weighted by molar-refractivity contribution is 5.92. The van der Waals surface area contributed by atoms with Crippen LogP contribution < -0.4 is 10.6 Å². The van der Waals surface area contributed by atoms with Gasteiger partial charge in [-0.2, -0.15) is 0 Å². The first-order chi connectivity index (χ1) is 17.8. The topological polar surface area (TPSA) is 78.5 Å². The van der Waals surface area contributed by atoms with Crippen LogP contribution in [0.4, 0.5) is 0 Å². The van der Waals surface area contributed by atoms with Crippen molar-refractivity contribution in [2.24, 2.45) is 11.8 Å². The van der Waals surface area contributed by atoms with Crippen LogP contribution in [-0.4, -0.2) is 41.8 Å². The molecule has 0 aromatic heterocycles. The van der Waals surface area contributed by atoms with E-state index in [1.165, 1.54) is 19.3 Å². The molecular weight excluding hydrogens is 462 g/mol. The lowest BCUT2D eigenvalue weighted by Crippen LogP contribution is -2.54. The molecule has 3 amide bonds. The van der Waals surface area contributed by atoms with E-state index in [-0.39, 0.29) is 30.1 Å². The Hall–Kier alpha value is -3.15. The second-order valence-electron chi connectivity index (χ2n) is 10.9. The summed E-state index contributed by atoms with van der Waals surface area (Å²) in [4.78, 5) is 41.6. The smallest absolute Gasteiger partial charge is 0.245 e. The number of rotatable bonds is 12. The minimum Gasteiger partial charge on any atom is -0.344 e. The Kier molecular flexibility index (Phi) is 11.2. The summed E-state index contributed by atoms with van der Waals surface area (Å²) in [6.07, 6.45) is 7.12. The van der Waals surface area contributed by atoms with Crippen LogP contribution in [0, 0.1) is 11.8 Å². The Morgan fingerprint density at radius 1 is 0.838 bits per heavy atom. The molecule has 200 valence electrons. The summed E-state index contributed by atoms with van der Waals surface area (Å²) in [5.41, 5.74) is 1.95. The zero-order valence-corrected chi connectivity index (χ0v) is 22.6. The molecular formula is C31H43N3O3. The van der Waals surface area contributed by atoms with E-state index in [2.05, 4.69) is 10.6 Å². The third kappa shape index (κ3) is 9.67. The van der Waals surface area contributed by atoms with Crippen molar-refractivity contribution in [3.8, 4) is 0 Å². The van der Waals surface area contributed by atoms with Crippen molar-refractivity contribution in [1.29, 1.82) is 0 Å². The Balaban J connectivity index is 1.70. The van der Waals surface area contributed by atoms with Gasteiger partial charge in [0.2, 0.25) is 17.7 Å². The highest BCUT2D eigenvalue weighted by Gasteiger charge is 2.31. The van der Waals surface area contributed by atoms with Gasteiger partial charge in [0.15, 0.2) is 0 Å². The lowest BCUT2D eigenvalue weighted by Gasteiger charge is -2.31. The van der Waals surface area contributed by atoms with E-state index >= 15 is 0 Å². The van der Waals surface area contributed by atoms with E-state index in [0.29, 0.717) is 25.3 Å². The minimum absolute atomic E-state index is 0.0818. The van der Waals surface area contributed by atoms with E-state index < -0.39 is 12.1 Å². The van der Waals surface area contributed by atoms with Crippen LogP contribution in [0.2, 0.25) is 0 Å². The SMILES string of the molecule is CC(C)C[C@H](NC(=O)Cc1ccccc1)C(=O)N[C@@H](CC1CCCCC1)C(=O)N(C)Cc1ccccc1. The normalized spacial score (nSPS) is 15.6. The molecule has 1 aliphatic carbocycles. The largest absolute Gasteiger partial charge is 0.344 e. The van der Waals surface area contributed by atoms with Crippen LogP contribution in [0.5, 0.6) is 0 Å². The van der Waals surface area contributed by atoms with Crippen LogP contribution >= 0.6 is 0 Å². The fourth-order valence-electron chi connectivity index (χ4n) is 5.18. The molecule has 0 heterocycles. The number of hydrogen-bond acceptors (Lipinski definition) is 3. The third-order valence-electron chi connectivity index (χ3n) is 7.11. The highest BCUT2D eigenvalue weighted by Crippen LogP contribution is 2.28. The molecule has 0 radical (unpaired) electrons. The summed E-state index contributed by atoms with van der Waals surface area (Å²) < 4.78 is 0. The molecule has 0 unspecified atom stereocenters. The molecule has 0 spiro atoms. The van der Waals surface area contributed by atoms with Crippen molar-refractivity contribution in [1.82, 2.24) is 15.5 Å². The Labute approximate surface area is 222 Å². The van der Waals surface area contributed by atoms with Crippen molar-refractivity contribution in [3.05, 3.63) is 71.8 Å². The molecule has 1 aliphatic rings. The van der Waals surface area contributed by atoms with Crippen molar-refractivity contribution in [2.75, 3.05) is 7.05 Å². The molecule has 0 bridgehead atoms. The number of amides is 3. The van der Waals surface area contributed by atoms with Crippen LogP contribution in [0.3, 0.4) is 0 Å². The summed E-state index contributed by atoms with van der Waals surface area (Å²) in [5.74, 6) is 0.0767. The molecule has 3 rings (SSSR count). The van der Waals surface area contributed by atoms with E-state index in [4.69, 9.17) is 0 Å². The molecule has 2 aromatic rings. The van der Waals surface area contributed by atoms with Gasteiger partial charge in [-0.25, -0.2) is 0 Å². The van der Waals surface area contributed by atoms with E-state index in [1.54, 1.807) is 11.9 Å². The highest BCUT2D eigenvalue weighted by atomic mass is 16.2. The quantitative estimate of drug-likeness (QED) is 0.432. The van der Waals surface area contributed by atoms with Gasteiger partial charge in [-0.3, -0.25) is 14.4 Å². The third-order valence-corrected chi connectivity index (χ3v) is 7.11. The second-order valence-corrected chi connectivity index (χ2v) is 10.9. The van der Waals surface area contributed by atoms with Gasteiger partial charge < -0.3 is 15.5 Å². The van der Waals surface area contributed by atoms with E-state index in [1.807, 2.05) is 74.5 Å². The summed E-state index contributed by atoms with van der Waals surface area (Å²) in [6.45, 7) is 4.55. The Morgan fingerprint density at radius 2 is 1.43 bits per heavy atom. The summed E-state index contributed by atoms with van der Waals surface area (Å²) >= 11 is 0. The number of nitrogens with zero attached hydrogens (tertiary/aromatic N) is 1. The summed E-state index contributed by atoms with van der Waals surface area (Å²) in [7, 11) is 1.79. The number of carbonyl (C=O) groups excluding carboxylic acids is 3. The first-order valence-corrected chi connectivity index (χ1v) is 13.7. The monoisotopic (exact) mass is 505 g/mol. The van der Waals surface area contributed by atoms with Crippen LogP contribution in [0.25, 0.3) is 0 Å².